The van der Waals surface area contributed by atoms with Gasteiger partial charge in [0.25, 0.3) is 0 Å². The summed E-state index contributed by atoms with van der Waals surface area (Å²) >= 11 is 0. The van der Waals surface area contributed by atoms with Crippen molar-refractivity contribution in [2.24, 2.45) is 11.3 Å². The number of ketones is 1. The predicted octanol–water partition coefficient (Wildman–Crippen LogP) is 2.07. The van der Waals surface area contributed by atoms with Crippen LogP contribution in [0, 0.1) is 22.7 Å². The van der Waals surface area contributed by atoms with Crippen molar-refractivity contribution in [3.8, 4) is 6.07 Å². The molecule has 0 aliphatic heterocycles. The highest BCUT2D eigenvalue weighted by Crippen LogP contribution is 2.20. The number of rotatable bonds is 5. The number of nitrogens with zero attached hydrogens (tertiary/aromatic N) is 1. The lowest BCUT2D eigenvalue weighted by molar-refractivity contribution is -0.118. The molecule has 3 heteroatoms. The number of hydrogen-bond donors (Lipinski definition) is 1. The second-order valence-corrected chi connectivity index (χ2v) is 4.49. The van der Waals surface area contributed by atoms with Gasteiger partial charge in [-0.1, -0.05) is 33.8 Å². The van der Waals surface area contributed by atoms with Crippen LogP contribution in [0.4, 0.5) is 0 Å². The Balaban J connectivity index is 4.95. The van der Waals surface area contributed by atoms with Gasteiger partial charge in [-0.15, -0.1) is 0 Å². The first-order valence-electron chi connectivity index (χ1n) is 5.16. The summed E-state index contributed by atoms with van der Waals surface area (Å²) in [5.74, 6) is -0.271. The molecule has 0 aromatic heterocycles. The molecule has 0 fully saturated rings. The number of aliphatic hydroxyl groups excluding tert-OH is 1. The summed E-state index contributed by atoms with van der Waals surface area (Å²) in [7, 11) is 0. The zero-order chi connectivity index (χ0) is 12.1. The molecule has 1 atom stereocenters. The van der Waals surface area contributed by atoms with Gasteiger partial charge in [0, 0.05) is 11.3 Å². The van der Waals surface area contributed by atoms with E-state index in [1.807, 2.05) is 13.0 Å². The minimum absolute atomic E-state index is 0.0774. The maximum absolute atomic E-state index is 11.7. The van der Waals surface area contributed by atoms with Gasteiger partial charge in [-0.3, -0.25) is 4.79 Å². The molecule has 0 aliphatic carbocycles. The molecule has 15 heavy (non-hydrogen) atoms. The third-order valence-corrected chi connectivity index (χ3v) is 2.39. The highest BCUT2D eigenvalue weighted by Gasteiger charge is 2.21. The number of Topliss-reactive ketones (excluding diaryl/α,β-unsaturated/α-hetero) is 1. The lowest BCUT2D eigenvalue weighted by Crippen LogP contribution is -2.18. The topological polar surface area (TPSA) is 61.1 Å². The van der Waals surface area contributed by atoms with Crippen molar-refractivity contribution >= 4 is 5.78 Å². The molecule has 0 saturated carbocycles. The van der Waals surface area contributed by atoms with Crippen LogP contribution in [0.25, 0.3) is 0 Å². The normalized spacial score (nSPS) is 14.5. The minimum Gasteiger partial charge on any atom is -0.395 e. The van der Waals surface area contributed by atoms with Crippen LogP contribution in [0.1, 0.15) is 34.1 Å². The molecule has 0 rings (SSSR count). The molecule has 3 nitrogen and oxygen atoms in total. The first-order valence-corrected chi connectivity index (χ1v) is 5.16. The van der Waals surface area contributed by atoms with Crippen LogP contribution in [0.2, 0.25) is 0 Å². The van der Waals surface area contributed by atoms with Crippen molar-refractivity contribution in [3.63, 3.8) is 0 Å². The van der Waals surface area contributed by atoms with E-state index < -0.39 is 5.41 Å². The van der Waals surface area contributed by atoms with E-state index in [1.54, 1.807) is 26.8 Å². The average molecular weight is 209 g/mol. The standard InChI is InChI=1S/C12H19NO2/c1-5-9(2)11(15)10(7-13)6-12(3,4)8-14/h6,9,14H,5,8H2,1-4H3/b10-6+. The number of hydrogen-bond acceptors (Lipinski definition) is 3. The first kappa shape index (κ1) is 13.9. The molecule has 0 spiro atoms. The van der Waals surface area contributed by atoms with Gasteiger partial charge in [-0.2, -0.15) is 5.26 Å². The SMILES string of the molecule is CCC(C)C(=O)/C(C#N)=C/C(C)(C)CO. The second kappa shape index (κ2) is 5.67. The van der Waals surface area contributed by atoms with Gasteiger partial charge in [-0.25, -0.2) is 0 Å². The van der Waals surface area contributed by atoms with E-state index in [0.717, 1.165) is 6.42 Å². The molecular formula is C12H19NO2. The van der Waals surface area contributed by atoms with Crippen molar-refractivity contribution in [2.75, 3.05) is 6.61 Å². The molecule has 0 aliphatic rings. The van der Waals surface area contributed by atoms with Crippen molar-refractivity contribution in [2.45, 2.75) is 34.1 Å². The second-order valence-electron chi connectivity index (χ2n) is 4.49. The Kier molecular flexibility index (Phi) is 5.24. The number of carbonyl (C=O) groups excluding carboxylic acids is 1. The van der Waals surface area contributed by atoms with Crippen LogP contribution >= 0.6 is 0 Å². The van der Waals surface area contributed by atoms with Crippen LogP contribution in [0.15, 0.2) is 11.6 Å². The molecule has 0 radical (unpaired) electrons. The van der Waals surface area contributed by atoms with Crippen LogP contribution in [-0.2, 0) is 4.79 Å². The van der Waals surface area contributed by atoms with Gasteiger partial charge in [0.15, 0.2) is 5.78 Å². The third-order valence-electron chi connectivity index (χ3n) is 2.39. The van der Waals surface area contributed by atoms with Crippen molar-refractivity contribution in [1.82, 2.24) is 0 Å². The molecule has 1 unspecified atom stereocenters. The van der Waals surface area contributed by atoms with Crippen LogP contribution in [-0.4, -0.2) is 17.5 Å². The maximum atomic E-state index is 11.7. The fraction of sp³-hybridized carbons (Fsp3) is 0.667. The Hall–Kier alpha value is -1.14. The van der Waals surface area contributed by atoms with E-state index in [9.17, 15) is 4.79 Å². The number of nitriles is 1. The largest absolute Gasteiger partial charge is 0.395 e. The van der Waals surface area contributed by atoms with Gasteiger partial charge in [-0.05, 0) is 6.42 Å². The zero-order valence-electron chi connectivity index (χ0n) is 9.87. The minimum atomic E-state index is -0.520. The Morgan fingerprint density at radius 3 is 2.47 bits per heavy atom. The van der Waals surface area contributed by atoms with E-state index in [-0.39, 0.29) is 23.9 Å². The fourth-order valence-corrected chi connectivity index (χ4v) is 1.05. The van der Waals surface area contributed by atoms with Gasteiger partial charge in [0.2, 0.25) is 0 Å². The van der Waals surface area contributed by atoms with Crippen molar-refractivity contribution < 1.29 is 9.90 Å². The average Bonchev–Trinajstić information content (AvgIpc) is 2.23. The molecule has 0 bridgehead atoms. The molecule has 0 saturated heterocycles. The van der Waals surface area contributed by atoms with E-state index in [0.29, 0.717) is 0 Å². The number of carbonyl (C=O) groups is 1. The van der Waals surface area contributed by atoms with Gasteiger partial charge in [0.1, 0.15) is 6.07 Å². The summed E-state index contributed by atoms with van der Waals surface area (Å²) in [6.07, 6.45) is 2.28. The highest BCUT2D eigenvalue weighted by atomic mass is 16.3. The highest BCUT2D eigenvalue weighted by molar-refractivity contribution is 6.00. The smallest absolute Gasteiger partial charge is 0.175 e. The third kappa shape index (κ3) is 4.26. The summed E-state index contributed by atoms with van der Waals surface area (Å²) in [4.78, 5) is 11.7. The molecule has 84 valence electrons. The monoisotopic (exact) mass is 209 g/mol. The van der Waals surface area contributed by atoms with Crippen molar-refractivity contribution in [3.05, 3.63) is 11.6 Å². The summed E-state index contributed by atoms with van der Waals surface area (Å²) in [6.45, 7) is 7.21. The van der Waals surface area contributed by atoms with Crippen LogP contribution in [0.3, 0.4) is 0 Å². The Morgan fingerprint density at radius 2 is 2.13 bits per heavy atom. The lowest BCUT2D eigenvalue weighted by atomic mass is 9.88. The molecule has 0 heterocycles. The summed E-state index contributed by atoms with van der Waals surface area (Å²) in [5, 5.41) is 17.9. The Morgan fingerprint density at radius 1 is 1.60 bits per heavy atom. The van der Waals surface area contributed by atoms with Gasteiger partial charge < -0.3 is 5.11 Å². The quantitative estimate of drug-likeness (QED) is 0.557. The molecule has 0 amide bonds. The molecule has 0 aromatic carbocycles. The lowest BCUT2D eigenvalue weighted by Gasteiger charge is -2.17. The fourth-order valence-electron chi connectivity index (χ4n) is 1.05. The van der Waals surface area contributed by atoms with E-state index in [2.05, 4.69) is 0 Å². The molecule has 0 aromatic rings. The summed E-state index contributed by atoms with van der Waals surface area (Å²) in [6, 6.07) is 1.91. The molecular weight excluding hydrogens is 190 g/mol. The summed E-state index contributed by atoms with van der Waals surface area (Å²) < 4.78 is 0. The van der Waals surface area contributed by atoms with Crippen LogP contribution < -0.4 is 0 Å². The maximum Gasteiger partial charge on any atom is 0.175 e. The summed E-state index contributed by atoms with van der Waals surface area (Å²) in [5.41, 5.74) is -0.364. The predicted molar refractivity (Wildman–Crippen MR) is 59.0 cm³/mol. The Bertz CT molecular complexity index is 297. The van der Waals surface area contributed by atoms with E-state index in [1.165, 1.54) is 0 Å². The van der Waals surface area contributed by atoms with Crippen molar-refractivity contribution in [1.29, 1.82) is 5.26 Å². The van der Waals surface area contributed by atoms with Crippen LogP contribution in [0.5, 0.6) is 0 Å². The van der Waals surface area contributed by atoms with E-state index >= 15 is 0 Å². The first-order chi connectivity index (χ1) is 6.87. The Labute approximate surface area is 91.4 Å². The number of aliphatic hydroxyl groups is 1. The number of allylic oxidation sites excluding steroid dienone is 1. The van der Waals surface area contributed by atoms with E-state index in [4.69, 9.17) is 10.4 Å². The zero-order valence-corrected chi connectivity index (χ0v) is 9.87. The van der Waals surface area contributed by atoms with Gasteiger partial charge in [0.05, 0.1) is 12.2 Å². The molecule has 1 N–H and O–H groups in total. The van der Waals surface area contributed by atoms with Gasteiger partial charge >= 0.3 is 0 Å².